The molecule has 14 heteroatoms. The highest BCUT2D eigenvalue weighted by molar-refractivity contribution is 5.77. The summed E-state index contributed by atoms with van der Waals surface area (Å²) in [6.07, 6.45) is -1.05. The molecule has 0 unspecified atom stereocenters. The maximum Gasteiger partial charge on any atom is 0.519 e. The zero-order valence-electron chi connectivity index (χ0n) is 27.4. The Morgan fingerprint density at radius 2 is 0.786 bits per heavy atom. The van der Waals surface area contributed by atoms with E-state index < -0.39 is 29.1 Å². The minimum atomic E-state index is -1.06. The van der Waals surface area contributed by atoms with Gasteiger partial charge in [0.2, 0.25) is 0 Å². The normalized spacial score (nSPS) is 11.3. The lowest BCUT2D eigenvalue weighted by Crippen LogP contribution is -2.29. The van der Waals surface area contributed by atoms with Gasteiger partial charge in [0.15, 0.2) is 0 Å². The quantitative estimate of drug-likeness (QED) is 0.0991. The molecule has 0 spiro atoms. The highest BCUT2D eigenvalue weighted by atomic mass is 16.8. The van der Waals surface area contributed by atoms with Crippen LogP contribution < -0.4 is 17.2 Å². The SMILES string of the molecule is CC(C)(C)OC(=O)CCCOCCOCCN.CC(C)(C)OC(=O)OC(=O)OC(C)(C)C.NCCOCCOCCN. The lowest BCUT2D eigenvalue weighted by atomic mass is 10.2. The third-order valence-electron chi connectivity index (χ3n) is 3.57. The second-order valence-corrected chi connectivity index (χ2v) is 11.5. The second-order valence-electron chi connectivity index (χ2n) is 11.5. The van der Waals surface area contributed by atoms with Crippen molar-refractivity contribution in [2.45, 2.75) is 92.0 Å². The van der Waals surface area contributed by atoms with Crippen LogP contribution in [0.15, 0.2) is 0 Å². The lowest BCUT2D eigenvalue weighted by Gasteiger charge is -2.20. The molecule has 0 saturated heterocycles. The van der Waals surface area contributed by atoms with Crippen LogP contribution in [0.25, 0.3) is 0 Å². The summed E-state index contributed by atoms with van der Waals surface area (Å²) in [6, 6.07) is 0. The number of carbonyl (C=O) groups is 3. The van der Waals surface area contributed by atoms with E-state index in [4.69, 9.17) is 50.4 Å². The highest BCUT2D eigenvalue weighted by Gasteiger charge is 2.24. The number of nitrogens with two attached hydrogens (primary N) is 3. The highest BCUT2D eigenvalue weighted by Crippen LogP contribution is 2.12. The van der Waals surface area contributed by atoms with Crippen molar-refractivity contribution in [3.63, 3.8) is 0 Å². The number of ether oxygens (including phenoxy) is 8. The van der Waals surface area contributed by atoms with E-state index in [1.54, 1.807) is 41.5 Å². The molecule has 14 nitrogen and oxygen atoms in total. The van der Waals surface area contributed by atoms with Gasteiger partial charge in [-0.05, 0) is 68.7 Å². The van der Waals surface area contributed by atoms with Crippen molar-refractivity contribution in [1.29, 1.82) is 0 Å². The van der Waals surface area contributed by atoms with Gasteiger partial charge in [0, 0.05) is 32.7 Å². The number of hydrogen-bond donors (Lipinski definition) is 3. The third kappa shape index (κ3) is 44.9. The van der Waals surface area contributed by atoms with Crippen LogP contribution in [0.5, 0.6) is 0 Å². The smallest absolute Gasteiger partial charge is 0.460 e. The Kier molecular flexibility index (Phi) is 28.0. The first-order valence-electron chi connectivity index (χ1n) is 14.1. The van der Waals surface area contributed by atoms with Gasteiger partial charge >= 0.3 is 18.3 Å². The molecule has 0 aromatic heterocycles. The van der Waals surface area contributed by atoms with Crippen LogP contribution in [-0.2, 0) is 42.7 Å². The van der Waals surface area contributed by atoms with E-state index in [-0.39, 0.29) is 5.97 Å². The number of carbonyl (C=O) groups excluding carboxylic acids is 3. The van der Waals surface area contributed by atoms with Crippen LogP contribution in [0, 0.1) is 0 Å². The van der Waals surface area contributed by atoms with E-state index in [2.05, 4.69) is 4.74 Å². The molecule has 42 heavy (non-hydrogen) atoms. The minimum absolute atomic E-state index is 0.180. The van der Waals surface area contributed by atoms with Crippen LogP contribution in [-0.4, -0.2) is 108 Å². The molecule has 0 aliphatic rings. The van der Waals surface area contributed by atoms with Crippen molar-refractivity contribution in [3.8, 4) is 0 Å². The standard InChI is InChI=1S/C12H25NO4.C10H18O5.C6H16N2O2/c1-12(2,3)17-11(14)5-4-7-15-9-10-16-8-6-13;1-9(2,3)14-7(11)13-8(12)15-10(4,5)6;7-1-3-9-5-6-10-4-2-8/h4-10,13H2,1-3H3;1-6H3;1-8H2. The van der Waals surface area contributed by atoms with Crippen molar-refractivity contribution in [2.75, 3.05) is 72.5 Å². The van der Waals surface area contributed by atoms with Crippen molar-refractivity contribution in [1.82, 2.24) is 0 Å². The average molecular weight is 614 g/mol. The fourth-order valence-corrected chi connectivity index (χ4v) is 2.21. The molecular weight excluding hydrogens is 554 g/mol. The third-order valence-corrected chi connectivity index (χ3v) is 3.57. The summed E-state index contributed by atoms with van der Waals surface area (Å²) >= 11 is 0. The van der Waals surface area contributed by atoms with E-state index >= 15 is 0 Å². The molecule has 0 aliphatic carbocycles. The summed E-state index contributed by atoms with van der Waals surface area (Å²) in [5.41, 5.74) is 13.8. The fourth-order valence-electron chi connectivity index (χ4n) is 2.21. The Labute approximate surface area is 252 Å². The van der Waals surface area contributed by atoms with Gasteiger partial charge in [-0.25, -0.2) is 9.59 Å². The molecule has 0 aromatic carbocycles. The molecule has 252 valence electrons. The predicted molar refractivity (Wildman–Crippen MR) is 159 cm³/mol. The maximum atomic E-state index is 11.3. The summed E-state index contributed by atoms with van der Waals surface area (Å²) in [5, 5.41) is 0. The van der Waals surface area contributed by atoms with Gasteiger partial charge in [-0.2, -0.15) is 0 Å². The topological polar surface area (TPSA) is 203 Å². The van der Waals surface area contributed by atoms with Gasteiger partial charge in [-0.1, -0.05) is 0 Å². The van der Waals surface area contributed by atoms with Crippen LogP contribution in [0.1, 0.15) is 75.2 Å². The molecule has 0 amide bonds. The van der Waals surface area contributed by atoms with Crippen LogP contribution in [0.4, 0.5) is 9.59 Å². The number of rotatable bonds is 16. The van der Waals surface area contributed by atoms with Crippen molar-refractivity contribution in [2.24, 2.45) is 17.2 Å². The van der Waals surface area contributed by atoms with Crippen molar-refractivity contribution >= 4 is 18.3 Å². The first kappa shape index (κ1) is 44.4. The Hall–Kier alpha value is -2.07. The first-order valence-corrected chi connectivity index (χ1v) is 14.1. The molecule has 0 fully saturated rings. The second kappa shape index (κ2) is 26.5. The first-order chi connectivity index (χ1) is 19.4. The van der Waals surface area contributed by atoms with Crippen LogP contribution >= 0.6 is 0 Å². The van der Waals surface area contributed by atoms with Crippen molar-refractivity contribution in [3.05, 3.63) is 0 Å². The van der Waals surface area contributed by atoms with E-state index in [0.29, 0.717) is 85.3 Å². The van der Waals surface area contributed by atoms with E-state index in [9.17, 15) is 14.4 Å². The largest absolute Gasteiger partial charge is 0.519 e. The van der Waals surface area contributed by atoms with Crippen molar-refractivity contribution < 1.29 is 52.3 Å². The lowest BCUT2D eigenvalue weighted by molar-refractivity contribution is -0.155. The van der Waals surface area contributed by atoms with Crippen LogP contribution in [0.2, 0.25) is 0 Å². The Morgan fingerprint density at radius 1 is 0.476 bits per heavy atom. The molecular formula is C28H59N3O11. The average Bonchev–Trinajstić information content (AvgIpc) is 2.80. The monoisotopic (exact) mass is 613 g/mol. The molecule has 0 rings (SSSR count). The molecule has 6 N–H and O–H groups in total. The Morgan fingerprint density at radius 3 is 1.07 bits per heavy atom. The van der Waals surface area contributed by atoms with Gasteiger partial charge in [-0.15, -0.1) is 0 Å². The van der Waals surface area contributed by atoms with Crippen LogP contribution in [0.3, 0.4) is 0 Å². The zero-order valence-corrected chi connectivity index (χ0v) is 27.4. The molecule has 0 saturated carbocycles. The number of hydrogen-bond acceptors (Lipinski definition) is 14. The zero-order chi connectivity index (χ0) is 33.1. The molecule has 0 bridgehead atoms. The van der Waals surface area contributed by atoms with Gasteiger partial charge in [0.25, 0.3) is 0 Å². The van der Waals surface area contributed by atoms with Gasteiger partial charge in [-0.3, -0.25) is 4.79 Å². The molecule has 0 aromatic rings. The molecule has 0 heterocycles. The summed E-state index contributed by atoms with van der Waals surface area (Å²) in [4.78, 5) is 33.3. The predicted octanol–water partition coefficient (Wildman–Crippen LogP) is 2.91. The van der Waals surface area contributed by atoms with Gasteiger partial charge in [0.1, 0.15) is 16.8 Å². The molecule has 0 radical (unpaired) electrons. The summed E-state index contributed by atoms with van der Waals surface area (Å²) in [7, 11) is 0. The van der Waals surface area contributed by atoms with Gasteiger partial charge < -0.3 is 55.1 Å². The fraction of sp³-hybridized carbons (Fsp3) is 0.893. The minimum Gasteiger partial charge on any atom is -0.460 e. The maximum absolute atomic E-state index is 11.3. The Bertz CT molecular complexity index is 639. The van der Waals surface area contributed by atoms with Gasteiger partial charge in [0.05, 0.1) is 46.2 Å². The van der Waals surface area contributed by atoms with E-state index in [1.807, 2.05) is 20.8 Å². The van der Waals surface area contributed by atoms with E-state index in [0.717, 1.165) is 0 Å². The summed E-state index contributed by atoms with van der Waals surface area (Å²) < 4.78 is 39.5. The molecule has 0 atom stereocenters. The molecule has 0 aliphatic heterocycles. The summed E-state index contributed by atoms with van der Waals surface area (Å²) in [5.74, 6) is -0.180. The Balaban J connectivity index is -0.000000562. The summed E-state index contributed by atoms with van der Waals surface area (Å²) in [6.45, 7) is 21.9. The van der Waals surface area contributed by atoms with E-state index in [1.165, 1.54) is 0 Å². The number of esters is 1.